The Morgan fingerprint density at radius 1 is 1.19 bits per heavy atom. The number of hydrogen-bond donors (Lipinski definition) is 2. The number of oxazole rings is 1. The van der Waals surface area contributed by atoms with E-state index in [-0.39, 0.29) is 11.4 Å². The van der Waals surface area contributed by atoms with Gasteiger partial charge in [-0.25, -0.2) is 4.98 Å². The summed E-state index contributed by atoms with van der Waals surface area (Å²) in [5.74, 6) is 0.188. The van der Waals surface area contributed by atoms with Crippen molar-refractivity contribution < 1.29 is 14.1 Å². The van der Waals surface area contributed by atoms with E-state index in [9.17, 15) is 14.9 Å². The molecule has 4 rings (SSSR count). The van der Waals surface area contributed by atoms with Crippen molar-refractivity contribution in [3.63, 3.8) is 0 Å². The van der Waals surface area contributed by atoms with Gasteiger partial charge in [0.05, 0.1) is 11.1 Å². The molecule has 0 spiro atoms. The van der Waals surface area contributed by atoms with Crippen molar-refractivity contribution in [2.45, 2.75) is 0 Å². The number of H-pyrrole nitrogens is 1. The maximum atomic E-state index is 12.5. The Hall–Kier alpha value is -3.94. The third-order valence-corrected chi connectivity index (χ3v) is 3.91. The number of rotatable bonds is 4. The molecule has 8 heteroatoms. The number of anilines is 1. The molecule has 2 N–H and O–H groups in total. The molecule has 0 fully saturated rings. The molecule has 0 aliphatic rings. The van der Waals surface area contributed by atoms with Crippen molar-refractivity contribution in [1.82, 2.24) is 9.97 Å². The summed E-state index contributed by atoms with van der Waals surface area (Å²) in [5, 5.41) is 14.5. The van der Waals surface area contributed by atoms with E-state index >= 15 is 0 Å². The number of nitrogens with one attached hydrogen (secondary N) is 2. The molecule has 0 atom stereocenters. The van der Waals surface area contributed by atoms with Crippen LogP contribution in [0, 0.1) is 10.1 Å². The molecule has 4 aromatic rings. The van der Waals surface area contributed by atoms with Crippen LogP contribution in [0.2, 0.25) is 0 Å². The molecule has 2 heterocycles. The largest absolute Gasteiger partial charge is 0.444 e. The summed E-state index contributed by atoms with van der Waals surface area (Å²) in [6.45, 7) is 0. The molecule has 0 aliphatic carbocycles. The molecule has 2 aromatic carbocycles. The highest BCUT2D eigenvalue weighted by atomic mass is 16.6. The van der Waals surface area contributed by atoms with Crippen LogP contribution < -0.4 is 5.32 Å². The van der Waals surface area contributed by atoms with Gasteiger partial charge in [-0.2, -0.15) is 0 Å². The van der Waals surface area contributed by atoms with Gasteiger partial charge in [-0.05, 0) is 18.2 Å². The molecular weight excluding hydrogens is 336 g/mol. The highest BCUT2D eigenvalue weighted by Gasteiger charge is 2.17. The Bertz CT molecular complexity index is 1120. The first-order valence-corrected chi connectivity index (χ1v) is 7.68. The van der Waals surface area contributed by atoms with Crippen LogP contribution in [0.5, 0.6) is 0 Å². The Balaban J connectivity index is 1.63. The molecule has 0 radical (unpaired) electrons. The number of carbonyl (C=O) groups excluding carboxylic acids is 1. The molecule has 26 heavy (non-hydrogen) atoms. The van der Waals surface area contributed by atoms with Gasteiger partial charge in [-0.3, -0.25) is 14.9 Å². The van der Waals surface area contributed by atoms with E-state index in [2.05, 4.69) is 15.3 Å². The zero-order valence-electron chi connectivity index (χ0n) is 13.3. The third-order valence-electron chi connectivity index (χ3n) is 3.91. The van der Waals surface area contributed by atoms with E-state index in [4.69, 9.17) is 4.42 Å². The highest BCUT2D eigenvalue weighted by Crippen LogP contribution is 2.26. The Morgan fingerprint density at radius 3 is 2.81 bits per heavy atom. The van der Waals surface area contributed by atoms with Crippen molar-refractivity contribution in [2.75, 3.05) is 5.32 Å². The van der Waals surface area contributed by atoms with Gasteiger partial charge in [-0.1, -0.05) is 24.3 Å². The molecule has 0 saturated carbocycles. The van der Waals surface area contributed by atoms with E-state index < -0.39 is 10.8 Å². The van der Waals surface area contributed by atoms with E-state index in [1.54, 1.807) is 42.6 Å². The predicted molar refractivity (Wildman–Crippen MR) is 94.8 cm³/mol. The summed E-state index contributed by atoms with van der Waals surface area (Å²) in [6.07, 6.45) is 2.91. The number of non-ortho nitro benzene ring substituents is 1. The second-order valence-electron chi connectivity index (χ2n) is 5.58. The first-order valence-electron chi connectivity index (χ1n) is 7.68. The van der Waals surface area contributed by atoms with Gasteiger partial charge >= 0.3 is 0 Å². The van der Waals surface area contributed by atoms with Gasteiger partial charge in [0.1, 0.15) is 11.2 Å². The van der Waals surface area contributed by atoms with Gasteiger partial charge in [0, 0.05) is 22.7 Å². The minimum atomic E-state index is -0.485. The second-order valence-corrected chi connectivity index (χ2v) is 5.58. The van der Waals surface area contributed by atoms with Crippen LogP contribution in [0.15, 0.2) is 65.5 Å². The molecular formula is C18H12N4O4. The number of nitrogens with zero attached hydrogens (tertiary/aromatic N) is 2. The van der Waals surface area contributed by atoms with Crippen molar-refractivity contribution in [3.8, 4) is 11.3 Å². The van der Waals surface area contributed by atoms with E-state index in [0.29, 0.717) is 22.4 Å². The van der Waals surface area contributed by atoms with Crippen LogP contribution >= 0.6 is 0 Å². The minimum Gasteiger partial charge on any atom is -0.444 e. The van der Waals surface area contributed by atoms with Gasteiger partial charge in [-0.15, -0.1) is 0 Å². The lowest BCUT2D eigenvalue weighted by molar-refractivity contribution is -0.383. The summed E-state index contributed by atoms with van der Waals surface area (Å²) in [4.78, 5) is 29.8. The molecule has 0 unspecified atom stereocenters. The molecule has 0 saturated heterocycles. The molecule has 2 aromatic heterocycles. The van der Waals surface area contributed by atoms with Crippen LogP contribution in [-0.2, 0) is 0 Å². The number of hydrogen-bond acceptors (Lipinski definition) is 5. The zero-order chi connectivity index (χ0) is 18.1. The summed E-state index contributed by atoms with van der Waals surface area (Å²) < 4.78 is 5.25. The fourth-order valence-corrected chi connectivity index (χ4v) is 2.72. The lowest BCUT2D eigenvalue weighted by Crippen LogP contribution is -2.12. The van der Waals surface area contributed by atoms with Gasteiger partial charge in [0.15, 0.2) is 12.2 Å². The van der Waals surface area contributed by atoms with Crippen molar-refractivity contribution >= 4 is 28.2 Å². The average Bonchev–Trinajstić information content (AvgIpc) is 3.31. The third kappa shape index (κ3) is 2.80. The highest BCUT2D eigenvalue weighted by molar-refractivity contribution is 6.07. The number of para-hydroxylation sites is 1. The number of carbonyl (C=O) groups is 1. The average molecular weight is 348 g/mol. The topological polar surface area (TPSA) is 114 Å². The molecule has 8 nitrogen and oxygen atoms in total. The summed E-state index contributed by atoms with van der Waals surface area (Å²) in [7, 11) is 0. The minimum absolute atomic E-state index is 0.0751. The summed E-state index contributed by atoms with van der Waals surface area (Å²) >= 11 is 0. The van der Waals surface area contributed by atoms with Crippen molar-refractivity contribution in [1.29, 1.82) is 0 Å². The number of aromatic nitrogens is 2. The normalized spacial score (nSPS) is 10.8. The van der Waals surface area contributed by atoms with E-state index in [1.165, 1.54) is 12.5 Å². The van der Waals surface area contributed by atoms with Crippen LogP contribution in [-0.4, -0.2) is 20.8 Å². The van der Waals surface area contributed by atoms with Gasteiger partial charge in [0.25, 0.3) is 11.6 Å². The first-order chi connectivity index (χ1) is 12.6. The number of benzene rings is 2. The number of nitro groups is 1. The smallest absolute Gasteiger partial charge is 0.293 e. The Kier molecular flexibility index (Phi) is 3.70. The molecule has 128 valence electrons. The fourth-order valence-electron chi connectivity index (χ4n) is 2.72. The van der Waals surface area contributed by atoms with E-state index in [1.807, 2.05) is 6.07 Å². The second kappa shape index (κ2) is 6.17. The Morgan fingerprint density at radius 2 is 2.04 bits per heavy atom. The molecule has 0 aliphatic heterocycles. The fraction of sp³-hybridized carbons (Fsp3) is 0. The predicted octanol–water partition coefficient (Wildman–Crippen LogP) is 3.98. The summed E-state index contributed by atoms with van der Waals surface area (Å²) in [5.41, 5.74) is 1.82. The zero-order valence-corrected chi connectivity index (χ0v) is 13.3. The van der Waals surface area contributed by atoms with Crippen molar-refractivity contribution in [3.05, 3.63) is 76.9 Å². The number of fused-ring (bicyclic) bond motifs is 1. The number of aromatic amines is 1. The standard InChI is InChI=1S/C18H12N4O4/c23-18(14-8-12-4-2-6-15(22(24)25)17(12)21-14)20-13-5-1-3-11(7-13)16-9-19-10-26-16/h1-10,21H,(H,20,23). The lowest BCUT2D eigenvalue weighted by Gasteiger charge is -2.05. The van der Waals surface area contributed by atoms with Crippen LogP contribution in [0.4, 0.5) is 11.4 Å². The maximum absolute atomic E-state index is 12.5. The van der Waals surface area contributed by atoms with Crippen molar-refractivity contribution in [2.24, 2.45) is 0 Å². The number of nitro benzene ring substituents is 1. The van der Waals surface area contributed by atoms with Gasteiger partial charge in [0.2, 0.25) is 0 Å². The summed E-state index contributed by atoms with van der Waals surface area (Å²) in [6, 6.07) is 13.4. The number of amides is 1. The lowest BCUT2D eigenvalue weighted by atomic mass is 10.1. The maximum Gasteiger partial charge on any atom is 0.293 e. The SMILES string of the molecule is O=C(Nc1cccc(-c2cnco2)c1)c1cc2cccc([N+](=O)[O-])c2[nH]1. The van der Waals surface area contributed by atoms with Crippen LogP contribution in [0.3, 0.4) is 0 Å². The Labute approximate surface area is 146 Å². The van der Waals surface area contributed by atoms with E-state index in [0.717, 1.165) is 5.56 Å². The molecule has 1 amide bonds. The monoisotopic (exact) mass is 348 g/mol. The van der Waals surface area contributed by atoms with Crippen LogP contribution in [0.1, 0.15) is 10.5 Å². The van der Waals surface area contributed by atoms with Crippen LogP contribution in [0.25, 0.3) is 22.2 Å². The van der Waals surface area contributed by atoms with Gasteiger partial charge < -0.3 is 14.7 Å². The first kappa shape index (κ1) is 15.6. The molecule has 0 bridgehead atoms. The quantitative estimate of drug-likeness (QED) is 0.427.